The van der Waals surface area contributed by atoms with E-state index in [1.165, 1.54) is 0 Å². The van der Waals surface area contributed by atoms with Crippen LogP contribution in [-0.2, 0) is 6.54 Å². The van der Waals surface area contributed by atoms with Gasteiger partial charge in [0.25, 0.3) is 0 Å². The average molecular weight is 328 g/mol. The second-order valence-corrected chi connectivity index (χ2v) is 6.31. The monoisotopic (exact) mass is 328 g/mol. The van der Waals surface area contributed by atoms with E-state index in [0.717, 1.165) is 37.3 Å². The van der Waals surface area contributed by atoms with E-state index in [0.29, 0.717) is 12.6 Å². The molecule has 0 bridgehead atoms. The number of amides is 2. The van der Waals surface area contributed by atoms with Gasteiger partial charge in [0.1, 0.15) is 0 Å². The lowest BCUT2D eigenvalue weighted by Crippen LogP contribution is -2.47. The molecule has 1 aliphatic heterocycles. The van der Waals surface area contributed by atoms with Gasteiger partial charge in [-0.2, -0.15) is 5.10 Å². The van der Waals surface area contributed by atoms with Crippen molar-refractivity contribution < 1.29 is 4.79 Å². The smallest absolute Gasteiger partial charge is 0.317 e. The van der Waals surface area contributed by atoms with Crippen LogP contribution >= 0.6 is 0 Å². The highest BCUT2D eigenvalue weighted by Gasteiger charge is 2.23. The Labute approximate surface area is 142 Å². The molecule has 24 heavy (non-hydrogen) atoms. The van der Waals surface area contributed by atoms with Crippen molar-refractivity contribution in [2.24, 2.45) is 0 Å². The van der Waals surface area contributed by atoms with Gasteiger partial charge in [0.2, 0.25) is 0 Å². The second-order valence-electron chi connectivity index (χ2n) is 6.31. The molecule has 0 aromatic carbocycles. The minimum Gasteiger partial charge on any atom is -0.334 e. The van der Waals surface area contributed by atoms with Gasteiger partial charge in [0.05, 0.1) is 0 Å². The zero-order chi connectivity index (χ0) is 16.9. The zero-order valence-electron chi connectivity index (χ0n) is 14.2. The lowest BCUT2D eigenvalue weighted by molar-refractivity contribution is 0.148. The number of hydrogen-bond acceptors (Lipinski definition) is 4. The fraction of sp³-hybridized carbons (Fsp3) is 0.471. The summed E-state index contributed by atoms with van der Waals surface area (Å²) in [6, 6.07) is 6.28. The lowest BCUT2D eigenvalue weighted by atomic mass is 10.0. The summed E-state index contributed by atoms with van der Waals surface area (Å²) in [5, 5.41) is 7.17. The minimum atomic E-state index is 0.00431. The molecule has 7 nitrogen and oxygen atoms in total. The van der Waals surface area contributed by atoms with Gasteiger partial charge in [0.15, 0.2) is 5.82 Å². The number of carbonyl (C=O) groups excluding carboxylic acids is 1. The predicted octanol–water partition coefficient (Wildman–Crippen LogP) is 1.50. The molecule has 0 spiro atoms. The summed E-state index contributed by atoms with van der Waals surface area (Å²) in [5.74, 6) is 0.749. The summed E-state index contributed by atoms with van der Waals surface area (Å²) in [7, 11) is 4.20. The van der Waals surface area contributed by atoms with Crippen LogP contribution in [0.25, 0.3) is 5.82 Å². The fourth-order valence-electron chi connectivity index (χ4n) is 2.97. The third kappa shape index (κ3) is 3.91. The standard InChI is InChI=1S/C17H24N6O/c1-21(2)15-5-10-22(11-6-15)17(24)19-13-14-4-8-18-16(12-14)23-9-3-7-20-23/h3-4,7-9,12,15H,5-6,10-11,13H2,1-2H3,(H,19,24). The summed E-state index contributed by atoms with van der Waals surface area (Å²) < 4.78 is 1.71. The molecule has 3 heterocycles. The van der Waals surface area contributed by atoms with Crippen molar-refractivity contribution >= 4 is 6.03 Å². The third-order valence-corrected chi connectivity index (χ3v) is 4.47. The van der Waals surface area contributed by atoms with Crippen LogP contribution in [0.5, 0.6) is 0 Å². The number of urea groups is 1. The van der Waals surface area contributed by atoms with Crippen LogP contribution in [0.15, 0.2) is 36.8 Å². The zero-order valence-corrected chi connectivity index (χ0v) is 14.2. The fourth-order valence-corrected chi connectivity index (χ4v) is 2.97. The molecule has 128 valence electrons. The average Bonchev–Trinajstić information content (AvgIpc) is 3.15. The number of piperidine rings is 1. The summed E-state index contributed by atoms with van der Waals surface area (Å²) in [6.45, 7) is 2.11. The van der Waals surface area contributed by atoms with E-state index in [1.807, 2.05) is 29.3 Å². The second kappa shape index (κ2) is 7.44. The molecule has 3 rings (SSSR count). The summed E-state index contributed by atoms with van der Waals surface area (Å²) in [5.41, 5.74) is 1.01. The molecule has 0 radical (unpaired) electrons. The number of likely N-dealkylation sites (tertiary alicyclic amines) is 1. The highest BCUT2D eigenvalue weighted by atomic mass is 16.2. The van der Waals surface area contributed by atoms with Crippen LogP contribution in [0.4, 0.5) is 4.79 Å². The van der Waals surface area contributed by atoms with Crippen LogP contribution in [0.1, 0.15) is 18.4 Å². The quantitative estimate of drug-likeness (QED) is 0.924. The van der Waals surface area contributed by atoms with Crippen molar-refractivity contribution in [3.63, 3.8) is 0 Å². The Morgan fingerprint density at radius 2 is 2.12 bits per heavy atom. The molecule has 2 amide bonds. The van der Waals surface area contributed by atoms with Crippen LogP contribution in [0.3, 0.4) is 0 Å². The molecule has 7 heteroatoms. The molecule has 0 aliphatic carbocycles. The van der Waals surface area contributed by atoms with Gasteiger partial charge in [-0.15, -0.1) is 0 Å². The molecule has 1 N–H and O–H groups in total. The Bertz CT molecular complexity index is 661. The maximum atomic E-state index is 12.3. The number of nitrogens with zero attached hydrogens (tertiary/aromatic N) is 5. The molecule has 1 aliphatic rings. The van der Waals surface area contributed by atoms with Gasteiger partial charge in [-0.3, -0.25) is 0 Å². The molecular formula is C17H24N6O. The van der Waals surface area contributed by atoms with E-state index < -0.39 is 0 Å². The van der Waals surface area contributed by atoms with Crippen molar-refractivity contribution in [3.8, 4) is 5.82 Å². The van der Waals surface area contributed by atoms with Gasteiger partial charge in [-0.1, -0.05) is 0 Å². The van der Waals surface area contributed by atoms with E-state index in [4.69, 9.17) is 0 Å². The number of aromatic nitrogens is 3. The molecule has 0 unspecified atom stereocenters. The third-order valence-electron chi connectivity index (χ3n) is 4.47. The van der Waals surface area contributed by atoms with Gasteiger partial charge in [-0.25, -0.2) is 14.5 Å². The number of carbonyl (C=O) groups is 1. The normalized spacial score (nSPS) is 15.7. The molecule has 1 saturated heterocycles. The van der Waals surface area contributed by atoms with Gasteiger partial charge < -0.3 is 15.1 Å². The van der Waals surface area contributed by atoms with Crippen molar-refractivity contribution in [1.82, 2.24) is 29.9 Å². The van der Waals surface area contributed by atoms with E-state index in [9.17, 15) is 4.79 Å². The Balaban J connectivity index is 1.53. The number of hydrogen-bond donors (Lipinski definition) is 1. The van der Waals surface area contributed by atoms with Crippen LogP contribution in [0.2, 0.25) is 0 Å². The first-order valence-corrected chi connectivity index (χ1v) is 8.27. The highest BCUT2D eigenvalue weighted by molar-refractivity contribution is 5.74. The lowest BCUT2D eigenvalue weighted by Gasteiger charge is -2.35. The predicted molar refractivity (Wildman–Crippen MR) is 91.9 cm³/mol. The largest absolute Gasteiger partial charge is 0.334 e. The Morgan fingerprint density at radius 3 is 2.79 bits per heavy atom. The van der Waals surface area contributed by atoms with Gasteiger partial charge in [0, 0.05) is 44.3 Å². The molecule has 1 fully saturated rings. The maximum Gasteiger partial charge on any atom is 0.317 e. The highest BCUT2D eigenvalue weighted by Crippen LogP contribution is 2.14. The Kier molecular flexibility index (Phi) is 5.10. The molecule has 0 saturated carbocycles. The summed E-state index contributed by atoms with van der Waals surface area (Å²) >= 11 is 0. The van der Waals surface area contributed by atoms with Crippen molar-refractivity contribution in [1.29, 1.82) is 0 Å². The summed E-state index contributed by atoms with van der Waals surface area (Å²) in [6.07, 6.45) is 7.35. The first-order chi connectivity index (χ1) is 11.6. The van der Waals surface area contributed by atoms with Crippen LogP contribution < -0.4 is 5.32 Å². The van der Waals surface area contributed by atoms with Crippen molar-refractivity contribution in [2.45, 2.75) is 25.4 Å². The molecule has 0 atom stereocenters. The maximum absolute atomic E-state index is 12.3. The first-order valence-electron chi connectivity index (χ1n) is 8.27. The topological polar surface area (TPSA) is 66.3 Å². The Morgan fingerprint density at radius 1 is 1.33 bits per heavy atom. The SMILES string of the molecule is CN(C)C1CCN(C(=O)NCc2ccnc(-n3cccn3)c2)CC1. The van der Waals surface area contributed by atoms with E-state index in [-0.39, 0.29) is 6.03 Å². The van der Waals surface area contributed by atoms with E-state index in [2.05, 4.69) is 34.4 Å². The van der Waals surface area contributed by atoms with Gasteiger partial charge >= 0.3 is 6.03 Å². The van der Waals surface area contributed by atoms with Gasteiger partial charge in [-0.05, 0) is 50.7 Å². The van der Waals surface area contributed by atoms with E-state index in [1.54, 1.807) is 17.1 Å². The molecule has 2 aromatic heterocycles. The Hall–Kier alpha value is -2.41. The van der Waals surface area contributed by atoms with Crippen LogP contribution in [0, 0.1) is 0 Å². The number of nitrogens with one attached hydrogen (secondary N) is 1. The van der Waals surface area contributed by atoms with Crippen molar-refractivity contribution in [3.05, 3.63) is 42.4 Å². The molecular weight excluding hydrogens is 304 g/mol. The van der Waals surface area contributed by atoms with Crippen molar-refractivity contribution in [2.75, 3.05) is 27.2 Å². The number of rotatable bonds is 4. The summed E-state index contributed by atoms with van der Waals surface area (Å²) in [4.78, 5) is 20.8. The number of pyridine rings is 1. The van der Waals surface area contributed by atoms with Crippen LogP contribution in [-0.4, -0.2) is 63.8 Å². The van der Waals surface area contributed by atoms with E-state index >= 15 is 0 Å². The molecule has 2 aromatic rings. The first kappa shape index (κ1) is 16.4. The minimum absolute atomic E-state index is 0.00431.